The molecule has 2 aromatic rings. The summed E-state index contributed by atoms with van der Waals surface area (Å²) in [6, 6.07) is 8.36. The molecule has 78 valence electrons. The molecule has 15 heavy (non-hydrogen) atoms. The molecule has 3 nitrogen and oxygen atoms in total. The Kier molecular flexibility index (Phi) is 3.23. The van der Waals surface area contributed by atoms with Gasteiger partial charge < -0.3 is 0 Å². The van der Waals surface area contributed by atoms with E-state index in [0.29, 0.717) is 0 Å². The summed E-state index contributed by atoms with van der Waals surface area (Å²) in [6.45, 7) is 2.07. The number of nitrogens with zero attached hydrogens (tertiary/aromatic N) is 1. The smallest absolute Gasteiger partial charge is 0.259 e. The number of aromatic amines is 1. The van der Waals surface area contributed by atoms with Gasteiger partial charge >= 0.3 is 5.69 Å². The van der Waals surface area contributed by atoms with Crippen LogP contribution >= 0.6 is 23.3 Å². The number of aromatic nitrogens is 2. The molecule has 1 heterocycles. The van der Waals surface area contributed by atoms with E-state index in [4.69, 9.17) is 0 Å². The second-order valence-electron chi connectivity index (χ2n) is 3.16. The van der Waals surface area contributed by atoms with Crippen LogP contribution in [-0.4, -0.2) is 9.36 Å². The Morgan fingerprint density at radius 2 is 2.13 bits per heavy atom. The summed E-state index contributed by atoms with van der Waals surface area (Å²) in [5, 5.41) is 0. The van der Waals surface area contributed by atoms with Gasteiger partial charge in [-0.25, -0.2) is 4.79 Å². The van der Waals surface area contributed by atoms with Crippen molar-refractivity contribution >= 4 is 23.3 Å². The van der Waals surface area contributed by atoms with Gasteiger partial charge in [0, 0.05) is 5.75 Å². The molecule has 0 aliphatic heterocycles. The van der Waals surface area contributed by atoms with Crippen LogP contribution in [0.2, 0.25) is 0 Å². The van der Waals surface area contributed by atoms with E-state index in [9.17, 15) is 4.79 Å². The first-order valence-corrected chi connectivity index (χ1v) is 6.28. The number of nitrogens with one attached hydrogen (secondary N) is 1. The van der Waals surface area contributed by atoms with Gasteiger partial charge in [0.05, 0.1) is 0 Å². The van der Waals surface area contributed by atoms with Gasteiger partial charge in [-0.3, -0.25) is 4.37 Å². The zero-order valence-corrected chi connectivity index (χ0v) is 9.82. The van der Waals surface area contributed by atoms with Gasteiger partial charge in [0.15, 0.2) is 4.34 Å². The fraction of sp³-hybridized carbons (Fsp3) is 0.200. The zero-order chi connectivity index (χ0) is 10.7. The van der Waals surface area contributed by atoms with Gasteiger partial charge in [-0.1, -0.05) is 41.6 Å². The fourth-order valence-electron chi connectivity index (χ4n) is 1.11. The number of benzene rings is 1. The minimum atomic E-state index is -0.258. The van der Waals surface area contributed by atoms with Crippen molar-refractivity contribution in [3.8, 4) is 0 Å². The fourth-order valence-corrected chi connectivity index (χ4v) is 2.62. The second-order valence-corrected chi connectivity index (χ2v) is 5.18. The highest BCUT2D eigenvalue weighted by molar-refractivity contribution is 8.00. The summed E-state index contributed by atoms with van der Waals surface area (Å²) in [4.78, 5) is 14.6. The molecule has 0 amide bonds. The van der Waals surface area contributed by atoms with Crippen LogP contribution in [0.5, 0.6) is 0 Å². The van der Waals surface area contributed by atoms with Crippen molar-refractivity contribution in [2.45, 2.75) is 17.0 Å². The number of rotatable bonds is 3. The average molecular weight is 238 g/mol. The summed E-state index contributed by atoms with van der Waals surface area (Å²) >= 11 is 2.86. The van der Waals surface area contributed by atoms with Crippen molar-refractivity contribution in [2.24, 2.45) is 0 Å². The zero-order valence-electron chi connectivity index (χ0n) is 8.19. The molecular weight excluding hydrogens is 228 g/mol. The lowest BCUT2D eigenvalue weighted by atomic mass is 10.2. The van der Waals surface area contributed by atoms with Crippen molar-refractivity contribution in [1.29, 1.82) is 0 Å². The summed E-state index contributed by atoms with van der Waals surface area (Å²) < 4.78 is 3.36. The number of hydrogen-bond acceptors (Lipinski definition) is 4. The van der Waals surface area contributed by atoms with Gasteiger partial charge in [0.1, 0.15) is 0 Å². The summed E-state index contributed by atoms with van der Waals surface area (Å²) in [6.07, 6.45) is 0. The SMILES string of the molecule is Cc1ccc(CSc2nc(=O)[nH]s2)cc1. The maximum absolute atomic E-state index is 10.8. The molecule has 0 saturated carbocycles. The lowest BCUT2D eigenvalue weighted by molar-refractivity contribution is 1.13. The molecule has 0 spiro atoms. The maximum atomic E-state index is 10.8. The lowest BCUT2D eigenvalue weighted by Crippen LogP contribution is -1.99. The quantitative estimate of drug-likeness (QED) is 0.835. The third-order valence-electron chi connectivity index (χ3n) is 1.90. The monoisotopic (exact) mass is 238 g/mol. The molecule has 0 unspecified atom stereocenters. The van der Waals surface area contributed by atoms with E-state index in [-0.39, 0.29) is 5.69 Å². The largest absolute Gasteiger partial charge is 0.356 e. The molecule has 0 atom stereocenters. The van der Waals surface area contributed by atoms with Gasteiger partial charge in [-0.15, -0.1) is 0 Å². The molecule has 0 aliphatic rings. The van der Waals surface area contributed by atoms with Crippen molar-refractivity contribution in [3.05, 3.63) is 45.9 Å². The normalized spacial score (nSPS) is 10.5. The Morgan fingerprint density at radius 1 is 1.40 bits per heavy atom. The van der Waals surface area contributed by atoms with E-state index in [2.05, 4.69) is 40.5 Å². The van der Waals surface area contributed by atoms with Crippen LogP contribution in [0.3, 0.4) is 0 Å². The predicted octanol–water partition coefficient (Wildman–Crippen LogP) is 2.43. The molecule has 5 heteroatoms. The van der Waals surface area contributed by atoms with Crippen LogP contribution in [0, 0.1) is 6.92 Å². The summed E-state index contributed by atoms with van der Waals surface area (Å²) in [5.74, 6) is 0.848. The molecule has 0 radical (unpaired) electrons. The minimum absolute atomic E-state index is 0.258. The van der Waals surface area contributed by atoms with Crippen molar-refractivity contribution in [2.75, 3.05) is 0 Å². The standard InChI is InChI=1S/C10H10N2OS2/c1-7-2-4-8(5-3-7)6-14-10-11-9(13)12-15-10/h2-5H,6H2,1H3,(H,12,13). The van der Waals surface area contributed by atoms with E-state index in [1.54, 1.807) is 11.8 Å². The Hall–Kier alpha value is -1.07. The summed E-state index contributed by atoms with van der Waals surface area (Å²) in [7, 11) is 0. The second kappa shape index (κ2) is 4.63. The van der Waals surface area contributed by atoms with Crippen molar-refractivity contribution in [3.63, 3.8) is 0 Å². The minimum Gasteiger partial charge on any atom is -0.259 e. The molecular formula is C10H10N2OS2. The lowest BCUT2D eigenvalue weighted by Gasteiger charge is -1.98. The van der Waals surface area contributed by atoms with Crippen LogP contribution in [-0.2, 0) is 5.75 Å². The van der Waals surface area contributed by atoms with Crippen molar-refractivity contribution < 1.29 is 0 Å². The third-order valence-corrected chi connectivity index (χ3v) is 3.86. The van der Waals surface area contributed by atoms with Gasteiger partial charge in [0.2, 0.25) is 0 Å². The van der Waals surface area contributed by atoms with Gasteiger partial charge in [0.25, 0.3) is 0 Å². The van der Waals surface area contributed by atoms with Gasteiger partial charge in [-0.2, -0.15) is 4.98 Å². The average Bonchev–Trinajstić information content (AvgIpc) is 2.64. The van der Waals surface area contributed by atoms with E-state index in [1.165, 1.54) is 22.7 Å². The van der Waals surface area contributed by atoms with E-state index < -0.39 is 0 Å². The van der Waals surface area contributed by atoms with Crippen LogP contribution < -0.4 is 5.69 Å². The molecule has 0 saturated heterocycles. The topological polar surface area (TPSA) is 45.8 Å². The number of hydrogen-bond donors (Lipinski definition) is 1. The predicted molar refractivity (Wildman–Crippen MR) is 63.5 cm³/mol. The van der Waals surface area contributed by atoms with Crippen LogP contribution in [0.25, 0.3) is 0 Å². The molecule has 1 aromatic carbocycles. The van der Waals surface area contributed by atoms with Gasteiger partial charge in [-0.05, 0) is 24.0 Å². The number of thioether (sulfide) groups is 1. The Morgan fingerprint density at radius 3 is 2.73 bits per heavy atom. The molecule has 0 bridgehead atoms. The van der Waals surface area contributed by atoms with E-state index >= 15 is 0 Å². The highest BCUT2D eigenvalue weighted by Gasteiger charge is 2.00. The number of H-pyrrole nitrogens is 1. The van der Waals surface area contributed by atoms with Crippen molar-refractivity contribution in [1.82, 2.24) is 9.36 Å². The van der Waals surface area contributed by atoms with Crippen LogP contribution in [0.1, 0.15) is 11.1 Å². The third kappa shape index (κ3) is 2.94. The van der Waals surface area contributed by atoms with E-state index in [1.807, 2.05) is 0 Å². The first-order valence-electron chi connectivity index (χ1n) is 4.48. The Labute approximate surface area is 95.7 Å². The molecule has 1 aromatic heterocycles. The van der Waals surface area contributed by atoms with Crippen LogP contribution in [0.15, 0.2) is 33.4 Å². The molecule has 1 N–H and O–H groups in total. The Bertz CT molecular complexity index is 487. The molecule has 2 rings (SSSR count). The highest BCUT2D eigenvalue weighted by atomic mass is 32.2. The first-order chi connectivity index (χ1) is 7.24. The van der Waals surface area contributed by atoms with E-state index in [0.717, 1.165) is 10.1 Å². The summed E-state index contributed by atoms with van der Waals surface area (Å²) in [5.41, 5.74) is 2.24. The van der Waals surface area contributed by atoms with Crippen LogP contribution in [0.4, 0.5) is 0 Å². The molecule has 0 fully saturated rings. The Balaban J connectivity index is 1.99. The number of aryl methyl sites for hydroxylation is 1. The highest BCUT2D eigenvalue weighted by Crippen LogP contribution is 2.22. The molecule has 0 aliphatic carbocycles. The maximum Gasteiger partial charge on any atom is 0.356 e. The first kappa shape index (κ1) is 10.4.